The molecule has 2 N–H and O–H groups in total. The molecule has 0 aliphatic heterocycles. The number of aliphatic hydroxyl groups excluding tert-OH is 1. The van der Waals surface area contributed by atoms with E-state index in [2.05, 4.69) is 31.3 Å². The molecule has 1 rings (SSSR count). The van der Waals surface area contributed by atoms with Crippen LogP contribution in [0.3, 0.4) is 0 Å². The molecule has 0 aliphatic rings. The number of hydrogen-bond acceptors (Lipinski definition) is 3. The number of benzene rings is 1. The third-order valence-corrected chi connectivity index (χ3v) is 2.89. The van der Waals surface area contributed by atoms with Gasteiger partial charge in [0.05, 0.1) is 13.2 Å². The molecule has 0 spiro atoms. The lowest BCUT2D eigenvalue weighted by molar-refractivity contribution is 0.230. The van der Waals surface area contributed by atoms with Crippen LogP contribution in [-0.4, -0.2) is 24.4 Å². The summed E-state index contributed by atoms with van der Waals surface area (Å²) in [6.07, 6.45) is 0.928. The van der Waals surface area contributed by atoms with E-state index in [1.807, 2.05) is 19.1 Å². The van der Waals surface area contributed by atoms with Gasteiger partial charge in [0.15, 0.2) is 0 Å². The Kier molecular flexibility index (Phi) is 6.01. The Morgan fingerprint density at radius 3 is 2.35 bits per heavy atom. The molecular weight excluding hydrogens is 214 g/mol. The highest BCUT2D eigenvalue weighted by Gasteiger charge is 2.10. The van der Waals surface area contributed by atoms with Crippen molar-refractivity contribution in [2.75, 3.05) is 13.2 Å². The fourth-order valence-electron chi connectivity index (χ4n) is 1.77. The van der Waals surface area contributed by atoms with Crippen LogP contribution in [-0.2, 0) is 0 Å². The van der Waals surface area contributed by atoms with Gasteiger partial charge in [-0.1, -0.05) is 19.1 Å². The van der Waals surface area contributed by atoms with Gasteiger partial charge < -0.3 is 15.2 Å². The second-order valence-electron chi connectivity index (χ2n) is 4.18. The zero-order valence-corrected chi connectivity index (χ0v) is 10.9. The van der Waals surface area contributed by atoms with Crippen molar-refractivity contribution in [3.05, 3.63) is 29.8 Å². The predicted octanol–water partition coefficient (Wildman–Crippen LogP) is 2.51. The normalized spacial score (nSPS) is 14.4. The topological polar surface area (TPSA) is 41.5 Å². The van der Waals surface area contributed by atoms with E-state index in [-0.39, 0.29) is 18.7 Å². The highest BCUT2D eigenvalue weighted by Crippen LogP contribution is 2.18. The first kappa shape index (κ1) is 14.0. The predicted molar refractivity (Wildman–Crippen MR) is 70.3 cm³/mol. The van der Waals surface area contributed by atoms with Gasteiger partial charge in [-0.05, 0) is 38.0 Å². The van der Waals surface area contributed by atoms with Crippen molar-refractivity contribution in [2.24, 2.45) is 0 Å². The Morgan fingerprint density at radius 1 is 1.24 bits per heavy atom. The van der Waals surface area contributed by atoms with Crippen LogP contribution in [0.25, 0.3) is 0 Å². The van der Waals surface area contributed by atoms with Crippen LogP contribution in [0, 0.1) is 0 Å². The van der Waals surface area contributed by atoms with Crippen molar-refractivity contribution in [1.82, 2.24) is 5.32 Å². The number of ether oxygens (including phenoxy) is 1. The molecule has 3 nitrogen and oxygen atoms in total. The Balaban J connectivity index is 2.59. The molecule has 0 bridgehead atoms. The van der Waals surface area contributed by atoms with Crippen LogP contribution in [0.15, 0.2) is 24.3 Å². The summed E-state index contributed by atoms with van der Waals surface area (Å²) in [6, 6.07) is 8.49. The Hall–Kier alpha value is -1.06. The van der Waals surface area contributed by atoms with Crippen LogP contribution >= 0.6 is 0 Å². The SMILES string of the molecule is CCOc1ccc(C(C)N[C@H](CC)CO)cc1. The minimum Gasteiger partial charge on any atom is -0.494 e. The van der Waals surface area contributed by atoms with E-state index < -0.39 is 0 Å². The second-order valence-corrected chi connectivity index (χ2v) is 4.18. The summed E-state index contributed by atoms with van der Waals surface area (Å²) in [6.45, 7) is 7.02. The van der Waals surface area contributed by atoms with Crippen LogP contribution in [0.2, 0.25) is 0 Å². The molecule has 0 fully saturated rings. The summed E-state index contributed by atoms with van der Waals surface area (Å²) in [5.41, 5.74) is 1.21. The molecule has 0 heterocycles. The summed E-state index contributed by atoms with van der Waals surface area (Å²) >= 11 is 0. The average Bonchev–Trinajstić information content (AvgIpc) is 2.37. The maximum absolute atomic E-state index is 9.15. The molecule has 1 aromatic rings. The maximum atomic E-state index is 9.15. The van der Waals surface area contributed by atoms with Gasteiger partial charge in [0.25, 0.3) is 0 Å². The molecule has 0 amide bonds. The fraction of sp³-hybridized carbons (Fsp3) is 0.571. The minimum absolute atomic E-state index is 0.163. The summed E-state index contributed by atoms with van der Waals surface area (Å²) < 4.78 is 5.40. The molecule has 3 heteroatoms. The number of rotatable bonds is 7. The number of hydrogen-bond donors (Lipinski definition) is 2. The minimum atomic E-state index is 0.163. The maximum Gasteiger partial charge on any atom is 0.119 e. The molecule has 1 aromatic carbocycles. The molecule has 0 aromatic heterocycles. The Bertz CT molecular complexity index is 307. The van der Waals surface area contributed by atoms with Crippen molar-refractivity contribution in [3.8, 4) is 5.75 Å². The van der Waals surface area contributed by atoms with Gasteiger partial charge in [-0.3, -0.25) is 0 Å². The molecule has 0 saturated heterocycles. The second kappa shape index (κ2) is 7.30. The van der Waals surface area contributed by atoms with Gasteiger partial charge in [-0.15, -0.1) is 0 Å². The third-order valence-electron chi connectivity index (χ3n) is 2.89. The zero-order valence-electron chi connectivity index (χ0n) is 10.9. The lowest BCUT2D eigenvalue weighted by atomic mass is 10.1. The summed E-state index contributed by atoms with van der Waals surface area (Å²) in [7, 11) is 0. The largest absolute Gasteiger partial charge is 0.494 e. The number of aliphatic hydroxyl groups is 1. The average molecular weight is 237 g/mol. The van der Waals surface area contributed by atoms with E-state index in [0.29, 0.717) is 6.61 Å². The van der Waals surface area contributed by atoms with E-state index in [0.717, 1.165) is 12.2 Å². The van der Waals surface area contributed by atoms with Gasteiger partial charge in [-0.25, -0.2) is 0 Å². The van der Waals surface area contributed by atoms with E-state index in [9.17, 15) is 0 Å². The lowest BCUT2D eigenvalue weighted by Crippen LogP contribution is -2.33. The highest BCUT2D eigenvalue weighted by molar-refractivity contribution is 5.28. The molecule has 0 saturated carbocycles. The summed E-state index contributed by atoms with van der Waals surface area (Å²) in [5, 5.41) is 12.5. The first-order chi connectivity index (χ1) is 8.21. The van der Waals surface area contributed by atoms with Crippen molar-refractivity contribution >= 4 is 0 Å². The van der Waals surface area contributed by atoms with Crippen molar-refractivity contribution in [1.29, 1.82) is 0 Å². The van der Waals surface area contributed by atoms with Crippen LogP contribution in [0.5, 0.6) is 5.75 Å². The quantitative estimate of drug-likeness (QED) is 0.765. The highest BCUT2D eigenvalue weighted by atomic mass is 16.5. The van der Waals surface area contributed by atoms with E-state index in [1.54, 1.807) is 0 Å². The summed E-state index contributed by atoms with van der Waals surface area (Å²) in [4.78, 5) is 0. The van der Waals surface area contributed by atoms with Crippen molar-refractivity contribution < 1.29 is 9.84 Å². The first-order valence-electron chi connectivity index (χ1n) is 6.30. The molecule has 0 radical (unpaired) electrons. The molecule has 0 aliphatic carbocycles. The van der Waals surface area contributed by atoms with Crippen molar-refractivity contribution in [2.45, 2.75) is 39.3 Å². The van der Waals surface area contributed by atoms with Crippen molar-refractivity contribution in [3.63, 3.8) is 0 Å². The Labute approximate surface area is 104 Å². The van der Waals surface area contributed by atoms with Gasteiger partial charge >= 0.3 is 0 Å². The van der Waals surface area contributed by atoms with Crippen LogP contribution < -0.4 is 10.1 Å². The van der Waals surface area contributed by atoms with Crippen LogP contribution in [0.4, 0.5) is 0 Å². The van der Waals surface area contributed by atoms with E-state index in [4.69, 9.17) is 9.84 Å². The van der Waals surface area contributed by atoms with E-state index >= 15 is 0 Å². The molecular formula is C14H23NO2. The fourth-order valence-corrected chi connectivity index (χ4v) is 1.77. The number of nitrogens with one attached hydrogen (secondary N) is 1. The first-order valence-corrected chi connectivity index (χ1v) is 6.30. The molecule has 1 unspecified atom stereocenters. The van der Waals surface area contributed by atoms with Gasteiger partial charge in [0.1, 0.15) is 5.75 Å². The van der Waals surface area contributed by atoms with Gasteiger partial charge in [-0.2, -0.15) is 0 Å². The third kappa shape index (κ3) is 4.36. The van der Waals surface area contributed by atoms with E-state index in [1.165, 1.54) is 5.56 Å². The standard InChI is InChI=1S/C14H23NO2/c1-4-13(10-16)15-11(3)12-6-8-14(9-7-12)17-5-2/h6-9,11,13,15-16H,4-5,10H2,1-3H3/t11?,13-/m1/s1. The van der Waals surface area contributed by atoms with Gasteiger partial charge in [0, 0.05) is 12.1 Å². The smallest absolute Gasteiger partial charge is 0.119 e. The molecule has 2 atom stereocenters. The van der Waals surface area contributed by atoms with Crippen LogP contribution in [0.1, 0.15) is 38.8 Å². The lowest BCUT2D eigenvalue weighted by Gasteiger charge is -2.21. The Morgan fingerprint density at radius 2 is 1.88 bits per heavy atom. The zero-order chi connectivity index (χ0) is 12.7. The molecule has 96 valence electrons. The monoisotopic (exact) mass is 237 g/mol. The molecule has 17 heavy (non-hydrogen) atoms. The van der Waals surface area contributed by atoms with Gasteiger partial charge in [0.2, 0.25) is 0 Å². The summed E-state index contributed by atoms with van der Waals surface area (Å²) in [5.74, 6) is 0.901.